The second-order valence-electron chi connectivity index (χ2n) is 5.77. The molecule has 0 aromatic carbocycles. The van der Waals surface area contributed by atoms with Crippen molar-refractivity contribution >= 4 is 5.78 Å². The highest BCUT2D eigenvalue weighted by Gasteiger charge is 2.62. The van der Waals surface area contributed by atoms with Gasteiger partial charge in [-0.2, -0.15) is 0 Å². The van der Waals surface area contributed by atoms with E-state index in [1.165, 1.54) is 12.8 Å². The number of hydrogen-bond donors (Lipinski definition) is 0. The van der Waals surface area contributed by atoms with Gasteiger partial charge in [-0.25, -0.2) is 0 Å². The zero-order valence-electron chi connectivity index (χ0n) is 9.18. The Hall–Kier alpha value is -0.330. The van der Waals surface area contributed by atoms with E-state index in [-0.39, 0.29) is 0 Å². The molecule has 3 atom stereocenters. The molecule has 74 valence electrons. The third-order valence-corrected chi connectivity index (χ3v) is 5.28. The Bertz CT molecular complexity index is 254. The molecule has 0 spiro atoms. The first-order valence-corrected chi connectivity index (χ1v) is 5.40. The van der Waals surface area contributed by atoms with Gasteiger partial charge in [0.2, 0.25) is 0 Å². The Balaban J connectivity index is 2.38. The zero-order valence-corrected chi connectivity index (χ0v) is 9.18. The summed E-state index contributed by atoms with van der Waals surface area (Å²) in [5, 5.41) is 0. The van der Waals surface area contributed by atoms with E-state index in [1.54, 1.807) is 6.92 Å². The SMILES string of the molecule is CC(=O)C1CC2CCC1(C)C2(C)C. The lowest BCUT2D eigenvalue weighted by Crippen LogP contribution is -2.35. The van der Waals surface area contributed by atoms with Crippen molar-refractivity contribution in [3.63, 3.8) is 0 Å². The van der Waals surface area contributed by atoms with Crippen LogP contribution in [0.15, 0.2) is 0 Å². The largest absolute Gasteiger partial charge is 0.300 e. The number of carbonyl (C=O) groups is 1. The van der Waals surface area contributed by atoms with Gasteiger partial charge >= 0.3 is 0 Å². The second-order valence-corrected chi connectivity index (χ2v) is 5.77. The molecule has 0 N–H and O–H groups in total. The Labute approximate surface area is 80.9 Å². The van der Waals surface area contributed by atoms with Crippen LogP contribution in [0.4, 0.5) is 0 Å². The van der Waals surface area contributed by atoms with Crippen LogP contribution in [0.3, 0.4) is 0 Å². The summed E-state index contributed by atoms with van der Waals surface area (Å²) in [6.07, 6.45) is 3.75. The van der Waals surface area contributed by atoms with Crippen molar-refractivity contribution in [1.82, 2.24) is 0 Å². The van der Waals surface area contributed by atoms with Crippen molar-refractivity contribution in [1.29, 1.82) is 0 Å². The molecule has 0 saturated heterocycles. The van der Waals surface area contributed by atoms with Crippen LogP contribution in [0, 0.1) is 22.7 Å². The van der Waals surface area contributed by atoms with Crippen LogP contribution in [-0.2, 0) is 4.79 Å². The number of rotatable bonds is 1. The van der Waals surface area contributed by atoms with Crippen molar-refractivity contribution in [2.75, 3.05) is 0 Å². The van der Waals surface area contributed by atoms with Crippen molar-refractivity contribution in [3.8, 4) is 0 Å². The summed E-state index contributed by atoms with van der Waals surface area (Å²) in [5.74, 6) is 1.56. The van der Waals surface area contributed by atoms with Crippen LogP contribution in [0.5, 0.6) is 0 Å². The maximum atomic E-state index is 11.5. The molecular formula is C12H20O. The number of ketones is 1. The first-order valence-electron chi connectivity index (χ1n) is 5.40. The molecule has 1 heteroatoms. The van der Waals surface area contributed by atoms with E-state index < -0.39 is 0 Å². The van der Waals surface area contributed by atoms with E-state index in [2.05, 4.69) is 20.8 Å². The third kappa shape index (κ3) is 0.908. The van der Waals surface area contributed by atoms with Crippen LogP contribution in [0.25, 0.3) is 0 Å². The van der Waals surface area contributed by atoms with E-state index in [1.807, 2.05) is 0 Å². The summed E-state index contributed by atoms with van der Waals surface area (Å²) in [6, 6.07) is 0. The molecule has 1 nitrogen and oxygen atoms in total. The maximum absolute atomic E-state index is 11.5. The molecule has 0 radical (unpaired) electrons. The van der Waals surface area contributed by atoms with Crippen molar-refractivity contribution in [2.24, 2.45) is 22.7 Å². The Morgan fingerprint density at radius 2 is 1.92 bits per heavy atom. The molecule has 0 aromatic rings. The normalized spacial score (nSPS) is 46.8. The summed E-state index contributed by atoms with van der Waals surface area (Å²) in [4.78, 5) is 11.5. The smallest absolute Gasteiger partial charge is 0.133 e. The van der Waals surface area contributed by atoms with Crippen molar-refractivity contribution < 1.29 is 4.79 Å². The predicted molar refractivity (Wildman–Crippen MR) is 53.4 cm³/mol. The minimum Gasteiger partial charge on any atom is -0.300 e. The summed E-state index contributed by atoms with van der Waals surface area (Å²) in [5.41, 5.74) is 0.687. The van der Waals surface area contributed by atoms with Gasteiger partial charge in [-0.05, 0) is 42.9 Å². The molecule has 0 heterocycles. The van der Waals surface area contributed by atoms with E-state index in [4.69, 9.17) is 0 Å². The van der Waals surface area contributed by atoms with Crippen molar-refractivity contribution in [3.05, 3.63) is 0 Å². The van der Waals surface area contributed by atoms with Gasteiger partial charge in [0.15, 0.2) is 0 Å². The molecule has 2 rings (SSSR count). The van der Waals surface area contributed by atoms with E-state index in [0.29, 0.717) is 22.5 Å². The van der Waals surface area contributed by atoms with E-state index in [9.17, 15) is 4.79 Å². The zero-order chi connectivity index (χ0) is 9.85. The predicted octanol–water partition coefficient (Wildman–Crippen LogP) is 3.04. The highest BCUT2D eigenvalue weighted by atomic mass is 16.1. The summed E-state index contributed by atoms with van der Waals surface area (Å²) >= 11 is 0. The number of carbonyl (C=O) groups excluding carboxylic acids is 1. The molecule has 2 bridgehead atoms. The lowest BCUT2D eigenvalue weighted by atomic mass is 9.66. The first kappa shape index (κ1) is 9.23. The van der Waals surface area contributed by atoms with Crippen LogP contribution in [0.2, 0.25) is 0 Å². The molecule has 2 saturated carbocycles. The average Bonchev–Trinajstić information content (AvgIpc) is 2.34. The summed E-state index contributed by atoms with van der Waals surface area (Å²) < 4.78 is 0. The molecule has 2 aliphatic rings. The molecule has 0 aliphatic heterocycles. The van der Waals surface area contributed by atoms with Crippen LogP contribution in [0.1, 0.15) is 47.0 Å². The first-order chi connectivity index (χ1) is 5.89. The second kappa shape index (κ2) is 2.37. The molecule has 0 aromatic heterocycles. The van der Waals surface area contributed by atoms with Gasteiger partial charge in [-0.3, -0.25) is 4.79 Å². The molecule has 3 unspecified atom stereocenters. The molecule has 13 heavy (non-hydrogen) atoms. The molecule has 0 amide bonds. The number of fused-ring (bicyclic) bond motifs is 2. The fourth-order valence-electron chi connectivity index (χ4n) is 3.82. The lowest BCUT2D eigenvalue weighted by Gasteiger charge is -2.38. The number of Topliss-reactive ketones (excluding diaryl/α,β-unsaturated/α-hetero) is 1. The molecular weight excluding hydrogens is 160 g/mol. The topological polar surface area (TPSA) is 17.1 Å². The van der Waals surface area contributed by atoms with Crippen LogP contribution in [-0.4, -0.2) is 5.78 Å². The molecule has 2 aliphatic carbocycles. The van der Waals surface area contributed by atoms with Gasteiger partial charge in [0.05, 0.1) is 0 Å². The fraction of sp³-hybridized carbons (Fsp3) is 0.917. The summed E-state index contributed by atoms with van der Waals surface area (Å²) in [7, 11) is 0. The van der Waals surface area contributed by atoms with E-state index >= 15 is 0 Å². The fourth-order valence-corrected chi connectivity index (χ4v) is 3.82. The highest BCUT2D eigenvalue weighted by molar-refractivity contribution is 5.80. The van der Waals surface area contributed by atoms with E-state index in [0.717, 1.165) is 12.3 Å². The quantitative estimate of drug-likeness (QED) is 0.606. The Kier molecular flexibility index (Phi) is 1.68. The van der Waals surface area contributed by atoms with Gasteiger partial charge in [0.1, 0.15) is 5.78 Å². The van der Waals surface area contributed by atoms with Crippen LogP contribution >= 0.6 is 0 Å². The van der Waals surface area contributed by atoms with Gasteiger partial charge in [-0.1, -0.05) is 20.8 Å². The number of hydrogen-bond acceptors (Lipinski definition) is 1. The van der Waals surface area contributed by atoms with Gasteiger partial charge in [0.25, 0.3) is 0 Å². The average molecular weight is 180 g/mol. The highest BCUT2D eigenvalue weighted by Crippen LogP contribution is 2.68. The lowest BCUT2D eigenvalue weighted by molar-refractivity contribution is -0.125. The standard InChI is InChI=1S/C12H20O/c1-8(13)10-7-9-5-6-12(10,4)11(9,2)3/h9-10H,5-7H2,1-4H3. The Morgan fingerprint density at radius 3 is 2.15 bits per heavy atom. The van der Waals surface area contributed by atoms with Crippen molar-refractivity contribution in [2.45, 2.75) is 47.0 Å². The van der Waals surface area contributed by atoms with Crippen LogP contribution < -0.4 is 0 Å². The van der Waals surface area contributed by atoms with Gasteiger partial charge < -0.3 is 0 Å². The minimum absolute atomic E-state index is 0.295. The molecule has 2 fully saturated rings. The van der Waals surface area contributed by atoms with Gasteiger partial charge in [0, 0.05) is 5.92 Å². The maximum Gasteiger partial charge on any atom is 0.133 e. The van der Waals surface area contributed by atoms with Gasteiger partial charge in [-0.15, -0.1) is 0 Å². The Morgan fingerprint density at radius 1 is 1.31 bits per heavy atom. The summed E-state index contributed by atoms with van der Waals surface area (Å²) in [6.45, 7) is 8.81. The third-order valence-electron chi connectivity index (χ3n) is 5.28. The monoisotopic (exact) mass is 180 g/mol. The minimum atomic E-state index is 0.295.